The standard InChI is InChI=1S/C11H16BrNO2S2/c1-13-11(9-2-3-10(12)16-9)8-4-6-17(14,15)7-5-8/h2-3,8,11,13H,4-7H2,1H3. The van der Waals surface area contributed by atoms with Gasteiger partial charge in [0.25, 0.3) is 0 Å². The molecule has 0 amide bonds. The maximum Gasteiger partial charge on any atom is 0.150 e. The van der Waals surface area contributed by atoms with Gasteiger partial charge in [0.05, 0.1) is 15.3 Å². The average Bonchev–Trinajstić information content (AvgIpc) is 2.68. The molecule has 0 radical (unpaired) electrons. The van der Waals surface area contributed by atoms with E-state index in [-0.39, 0.29) is 6.04 Å². The molecule has 1 N–H and O–H groups in total. The Kier molecular flexibility index (Phi) is 4.28. The molecule has 1 atom stereocenters. The molecular formula is C11H16BrNO2S2. The summed E-state index contributed by atoms with van der Waals surface area (Å²) in [7, 11) is -0.822. The van der Waals surface area contributed by atoms with Crippen LogP contribution in [-0.2, 0) is 9.84 Å². The number of halogens is 1. The minimum absolute atomic E-state index is 0.279. The molecule has 6 heteroatoms. The molecular weight excluding hydrogens is 322 g/mol. The molecule has 2 heterocycles. The van der Waals surface area contributed by atoms with E-state index in [2.05, 4.69) is 27.3 Å². The van der Waals surface area contributed by atoms with E-state index in [4.69, 9.17) is 0 Å². The van der Waals surface area contributed by atoms with Crippen molar-refractivity contribution in [2.24, 2.45) is 5.92 Å². The van der Waals surface area contributed by atoms with Gasteiger partial charge in [0, 0.05) is 10.9 Å². The fourth-order valence-electron chi connectivity index (χ4n) is 2.35. The molecule has 3 nitrogen and oxygen atoms in total. The quantitative estimate of drug-likeness (QED) is 0.922. The molecule has 1 saturated heterocycles. The molecule has 0 aliphatic carbocycles. The van der Waals surface area contributed by atoms with E-state index in [9.17, 15) is 8.42 Å². The van der Waals surface area contributed by atoms with Crippen LogP contribution in [0.3, 0.4) is 0 Å². The first-order valence-electron chi connectivity index (χ1n) is 5.65. The van der Waals surface area contributed by atoms with E-state index in [1.54, 1.807) is 11.3 Å². The van der Waals surface area contributed by atoms with Crippen molar-refractivity contribution in [1.29, 1.82) is 0 Å². The Morgan fingerprint density at radius 2 is 2.06 bits per heavy atom. The molecule has 0 aromatic carbocycles. The number of nitrogens with one attached hydrogen (secondary N) is 1. The summed E-state index contributed by atoms with van der Waals surface area (Å²) in [6.45, 7) is 0. The lowest BCUT2D eigenvalue weighted by atomic mass is 9.93. The maximum atomic E-state index is 11.4. The molecule has 1 aromatic rings. The van der Waals surface area contributed by atoms with Crippen LogP contribution in [0.4, 0.5) is 0 Å². The van der Waals surface area contributed by atoms with Crippen LogP contribution in [0.15, 0.2) is 15.9 Å². The highest BCUT2D eigenvalue weighted by Crippen LogP contribution is 2.36. The summed E-state index contributed by atoms with van der Waals surface area (Å²) >= 11 is 5.19. The largest absolute Gasteiger partial charge is 0.312 e. The van der Waals surface area contributed by atoms with Gasteiger partial charge >= 0.3 is 0 Å². The molecule has 0 bridgehead atoms. The third-order valence-corrected chi connectivity index (χ3v) is 6.70. The van der Waals surface area contributed by atoms with Gasteiger partial charge in [0.2, 0.25) is 0 Å². The predicted molar refractivity (Wildman–Crippen MR) is 75.2 cm³/mol. The summed E-state index contributed by atoms with van der Waals surface area (Å²) in [5.41, 5.74) is 0. The summed E-state index contributed by atoms with van der Waals surface area (Å²) in [5.74, 6) is 1.10. The second kappa shape index (κ2) is 5.38. The molecule has 1 aliphatic heterocycles. The number of hydrogen-bond acceptors (Lipinski definition) is 4. The highest BCUT2D eigenvalue weighted by molar-refractivity contribution is 9.11. The van der Waals surface area contributed by atoms with Crippen molar-refractivity contribution in [2.45, 2.75) is 18.9 Å². The molecule has 0 spiro atoms. The Bertz CT molecular complexity index is 469. The van der Waals surface area contributed by atoms with E-state index < -0.39 is 9.84 Å². The molecule has 1 aromatic heterocycles. The molecule has 1 unspecified atom stereocenters. The fraction of sp³-hybridized carbons (Fsp3) is 0.636. The first-order chi connectivity index (χ1) is 8.02. The number of rotatable bonds is 3. The SMILES string of the molecule is CNC(c1ccc(Br)s1)C1CCS(=O)(=O)CC1. The number of sulfone groups is 1. The summed E-state index contributed by atoms with van der Waals surface area (Å²) in [6, 6.07) is 4.44. The van der Waals surface area contributed by atoms with Crippen molar-refractivity contribution in [1.82, 2.24) is 5.32 Å². The monoisotopic (exact) mass is 337 g/mol. The van der Waals surface area contributed by atoms with Crippen LogP contribution in [-0.4, -0.2) is 27.0 Å². The van der Waals surface area contributed by atoms with Crippen LogP contribution >= 0.6 is 27.3 Å². The van der Waals surface area contributed by atoms with Crippen LogP contribution in [0.2, 0.25) is 0 Å². The van der Waals surface area contributed by atoms with Crippen molar-refractivity contribution >= 4 is 37.1 Å². The molecule has 1 fully saturated rings. The first-order valence-corrected chi connectivity index (χ1v) is 9.08. The maximum absolute atomic E-state index is 11.4. The van der Waals surface area contributed by atoms with Gasteiger partial charge in [-0.15, -0.1) is 11.3 Å². The van der Waals surface area contributed by atoms with Crippen molar-refractivity contribution < 1.29 is 8.42 Å². The van der Waals surface area contributed by atoms with Crippen LogP contribution < -0.4 is 5.32 Å². The van der Waals surface area contributed by atoms with Gasteiger partial charge in [-0.25, -0.2) is 8.42 Å². The van der Waals surface area contributed by atoms with Gasteiger partial charge in [-0.1, -0.05) is 0 Å². The fourth-order valence-corrected chi connectivity index (χ4v) is 5.50. The average molecular weight is 338 g/mol. The Morgan fingerprint density at radius 3 is 2.53 bits per heavy atom. The molecule has 1 aliphatic rings. The molecule has 17 heavy (non-hydrogen) atoms. The number of hydrogen-bond donors (Lipinski definition) is 1. The Balaban J connectivity index is 2.10. The minimum atomic E-state index is -2.77. The second-order valence-electron chi connectivity index (χ2n) is 4.40. The Morgan fingerprint density at radius 1 is 1.41 bits per heavy atom. The van der Waals surface area contributed by atoms with E-state index in [0.29, 0.717) is 17.4 Å². The van der Waals surface area contributed by atoms with Crippen LogP contribution in [0.25, 0.3) is 0 Å². The highest BCUT2D eigenvalue weighted by Gasteiger charge is 2.30. The summed E-state index contributed by atoms with van der Waals surface area (Å²) in [6.07, 6.45) is 1.53. The van der Waals surface area contributed by atoms with Gasteiger partial charge in [-0.2, -0.15) is 0 Å². The predicted octanol–water partition coefficient (Wildman–Crippen LogP) is 2.60. The topological polar surface area (TPSA) is 46.2 Å². The zero-order chi connectivity index (χ0) is 12.5. The lowest BCUT2D eigenvalue weighted by Gasteiger charge is -2.29. The zero-order valence-electron chi connectivity index (χ0n) is 9.65. The minimum Gasteiger partial charge on any atom is -0.312 e. The van der Waals surface area contributed by atoms with Gasteiger partial charge in [0.1, 0.15) is 9.84 Å². The van der Waals surface area contributed by atoms with Crippen LogP contribution in [0, 0.1) is 5.92 Å². The summed E-state index contributed by atoms with van der Waals surface area (Å²) in [4.78, 5) is 1.28. The van der Waals surface area contributed by atoms with Crippen molar-refractivity contribution in [3.63, 3.8) is 0 Å². The Hall–Kier alpha value is 0.0900. The lowest BCUT2D eigenvalue weighted by molar-refractivity contribution is 0.354. The summed E-state index contributed by atoms with van der Waals surface area (Å²) < 4.78 is 24.0. The number of thiophene rings is 1. The normalized spacial score (nSPS) is 22.5. The van der Waals surface area contributed by atoms with E-state index in [0.717, 1.165) is 16.6 Å². The van der Waals surface area contributed by atoms with E-state index in [1.807, 2.05) is 13.1 Å². The van der Waals surface area contributed by atoms with Crippen LogP contribution in [0.1, 0.15) is 23.8 Å². The van der Waals surface area contributed by atoms with E-state index >= 15 is 0 Å². The van der Waals surface area contributed by atoms with Gasteiger partial charge in [-0.05, 0) is 53.9 Å². The first kappa shape index (κ1) is 13.5. The van der Waals surface area contributed by atoms with Crippen molar-refractivity contribution in [3.8, 4) is 0 Å². The third kappa shape index (κ3) is 3.30. The van der Waals surface area contributed by atoms with E-state index in [1.165, 1.54) is 4.88 Å². The lowest BCUT2D eigenvalue weighted by Crippen LogP contribution is -2.32. The van der Waals surface area contributed by atoms with Crippen molar-refractivity contribution in [2.75, 3.05) is 18.6 Å². The zero-order valence-corrected chi connectivity index (χ0v) is 12.9. The van der Waals surface area contributed by atoms with Crippen LogP contribution in [0.5, 0.6) is 0 Å². The van der Waals surface area contributed by atoms with Gasteiger partial charge in [-0.3, -0.25) is 0 Å². The van der Waals surface area contributed by atoms with Gasteiger partial charge in [0.15, 0.2) is 0 Å². The molecule has 0 saturated carbocycles. The smallest absolute Gasteiger partial charge is 0.150 e. The molecule has 2 rings (SSSR count). The third-order valence-electron chi connectivity index (χ3n) is 3.28. The molecule has 96 valence electrons. The van der Waals surface area contributed by atoms with Crippen molar-refractivity contribution in [3.05, 3.63) is 20.8 Å². The second-order valence-corrected chi connectivity index (χ2v) is 9.20. The van der Waals surface area contributed by atoms with Gasteiger partial charge < -0.3 is 5.32 Å². The summed E-state index contributed by atoms with van der Waals surface area (Å²) in [5, 5.41) is 3.32. The Labute approximate surface area is 115 Å². The highest BCUT2D eigenvalue weighted by atomic mass is 79.9.